The summed E-state index contributed by atoms with van der Waals surface area (Å²) in [4.78, 5) is 3.78. The van der Waals surface area contributed by atoms with E-state index in [-0.39, 0.29) is 12.6 Å². The molecule has 6 heteroatoms. The Morgan fingerprint density at radius 2 is 2.33 bits per heavy atom. The van der Waals surface area contributed by atoms with Crippen LogP contribution >= 0.6 is 0 Å². The van der Waals surface area contributed by atoms with Gasteiger partial charge in [-0.1, -0.05) is 0 Å². The fourth-order valence-corrected chi connectivity index (χ4v) is 1.40. The molecule has 1 fully saturated rings. The summed E-state index contributed by atoms with van der Waals surface area (Å²) in [5.41, 5.74) is 5.25. The smallest absolute Gasteiger partial charge is 0.285 e. The molecule has 2 aliphatic heterocycles. The molecule has 0 aromatic carbocycles. The molecular weight excluding hydrogens is 164 g/mol. The van der Waals surface area contributed by atoms with E-state index in [1.807, 2.05) is 0 Å². The lowest BCUT2D eigenvalue weighted by Gasteiger charge is -2.13. The molecule has 4 atom stereocenters. The van der Waals surface area contributed by atoms with Gasteiger partial charge in [0.25, 0.3) is 6.02 Å². The third-order valence-electron chi connectivity index (χ3n) is 2.00. The number of aliphatic hydroxyl groups excluding tert-OH is 2. The molecule has 0 radical (unpaired) electrons. The lowest BCUT2D eigenvalue weighted by Crippen LogP contribution is -2.35. The van der Waals surface area contributed by atoms with Gasteiger partial charge in [0, 0.05) is 0 Å². The van der Waals surface area contributed by atoms with Crippen molar-refractivity contribution in [3.05, 3.63) is 0 Å². The van der Waals surface area contributed by atoms with Crippen molar-refractivity contribution in [3.63, 3.8) is 0 Å². The Balaban J connectivity index is 2.10. The zero-order valence-electron chi connectivity index (χ0n) is 6.25. The van der Waals surface area contributed by atoms with Gasteiger partial charge in [0.2, 0.25) is 0 Å². The predicted octanol–water partition coefficient (Wildman–Crippen LogP) is -2.22. The average molecular weight is 174 g/mol. The summed E-state index contributed by atoms with van der Waals surface area (Å²) >= 11 is 0. The van der Waals surface area contributed by atoms with Crippen molar-refractivity contribution in [2.75, 3.05) is 6.61 Å². The molecule has 12 heavy (non-hydrogen) atoms. The number of rotatable bonds is 1. The van der Waals surface area contributed by atoms with Crippen LogP contribution in [-0.4, -0.2) is 47.4 Å². The number of hydrogen-bond donors (Lipinski definition) is 3. The molecule has 0 aromatic rings. The second-order valence-corrected chi connectivity index (χ2v) is 2.79. The largest absolute Gasteiger partial charge is 0.454 e. The number of fused-ring (bicyclic) bond motifs is 1. The normalized spacial score (nSPS) is 45.3. The van der Waals surface area contributed by atoms with Gasteiger partial charge in [-0.15, -0.1) is 0 Å². The summed E-state index contributed by atoms with van der Waals surface area (Å²) in [6.45, 7) is -0.243. The van der Waals surface area contributed by atoms with Gasteiger partial charge in [0.05, 0.1) is 6.61 Å². The first-order valence-corrected chi connectivity index (χ1v) is 3.66. The fourth-order valence-electron chi connectivity index (χ4n) is 1.40. The van der Waals surface area contributed by atoms with Crippen molar-refractivity contribution in [1.82, 2.24) is 0 Å². The zero-order chi connectivity index (χ0) is 8.72. The number of ether oxygens (including phenoxy) is 2. The molecule has 68 valence electrons. The van der Waals surface area contributed by atoms with E-state index in [1.54, 1.807) is 0 Å². The summed E-state index contributed by atoms with van der Waals surface area (Å²) in [6.07, 6.45) is -2.58. The number of amidine groups is 1. The number of aliphatic imine (C=N–C) groups is 1. The van der Waals surface area contributed by atoms with E-state index in [1.165, 1.54) is 0 Å². The SMILES string of the molecule is NC1=N[C@H]2O[C@@H](CO)C(O)C2O1. The van der Waals surface area contributed by atoms with Crippen LogP contribution in [0.2, 0.25) is 0 Å². The van der Waals surface area contributed by atoms with E-state index in [0.29, 0.717) is 0 Å². The minimum atomic E-state index is -0.857. The molecule has 2 unspecified atom stereocenters. The quantitative estimate of drug-likeness (QED) is 0.418. The first-order valence-electron chi connectivity index (χ1n) is 3.66. The van der Waals surface area contributed by atoms with Crippen LogP contribution in [0, 0.1) is 0 Å². The molecule has 2 rings (SSSR count). The highest BCUT2D eigenvalue weighted by atomic mass is 16.6. The predicted molar refractivity (Wildman–Crippen MR) is 38.2 cm³/mol. The van der Waals surface area contributed by atoms with Gasteiger partial charge < -0.3 is 25.4 Å². The van der Waals surface area contributed by atoms with Crippen molar-refractivity contribution < 1.29 is 19.7 Å². The summed E-state index contributed by atoms with van der Waals surface area (Å²) < 4.78 is 10.1. The van der Waals surface area contributed by atoms with Crippen molar-refractivity contribution >= 4 is 6.02 Å². The van der Waals surface area contributed by atoms with Gasteiger partial charge in [0.1, 0.15) is 12.2 Å². The molecule has 0 saturated carbocycles. The van der Waals surface area contributed by atoms with Crippen LogP contribution in [0.25, 0.3) is 0 Å². The Morgan fingerprint density at radius 1 is 1.58 bits per heavy atom. The van der Waals surface area contributed by atoms with Crippen LogP contribution in [0.4, 0.5) is 0 Å². The molecule has 0 amide bonds. The maximum absolute atomic E-state index is 9.44. The summed E-state index contributed by atoms with van der Waals surface area (Å²) in [6, 6.07) is 0.0282. The summed E-state index contributed by atoms with van der Waals surface area (Å²) in [5, 5.41) is 18.2. The van der Waals surface area contributed by atoms with Crippen LogP contribution in [0.3, 0.4) is 0 Å². The number of nitrogens with two attached hydrogens (primary N) is 1. The highest BCUT2D eigenvalue weighted by molar-refractivity contribution is 5.73. The average Bonchev–Trinajstić information content (AvgIpc) is 2.51. The number of nitrogens with zero attached hydrogens (tertiary/aromatic N) is 1. The van der Waals surface area contributed by atoms with Crippen LogP contribution in [-0.2, 0) is 9.47 Å². The number of aliphatic hydroxyl groups is 2. The van der Waals surface area contributed by atoms with Crippen LogP contribution in [0.5, 0.6) is 0 Å². The van der Waals surface area contributed by atoms with Crippen molar-refractivity contribution in [1.29, 1.82) is 0 Å². The maximum Gasteiger partial charge on any atom is 0.285 e. The summed E-state index contributed by atoms with van der Waals surface area (Å²) in [5.74, 6) is 0. The van der Waals surface area contributed by atoms with Crippen LogP contribution in [0.15, 0.2) is 4.99 Å². The molecule has 0 bridgehead atoms. The lowest BCUT2D eigenvalue weighted by molar-refractivity contribution is -0.0206. The second-order valence-electron chi connectivity index (χ2n) is 2.79. The minimum Gasteiger partial charge on any atom is -0.454 e. The zero-order valence-corrected chi connectivity index (χ0v) is 6.25. The molecule has 6 nitrogen and oxygen atoms in total. The van der Waals surface area contributed by atoms with Gasteiger partial charge >= 0.3 is 0 Å². The third-order valence-corrected chi connectivity index (χ3v) is 2.00. The monoisotopic (exact) mass is 174 g/mol. The fraction of sp³-hybridized carbons (Fsp3) is 0.833. The van der Waals surface area contributed by atoms with Gasteiger partial charge in [-0.2, -0.15) is 4.99 Å². The van der Waals surface area contributed by atoms with E-state index >= 15 is 0 Å². The second kappa shape index (κ2) is 2.58. The Bertz CT molecular complexity index is 220. The van der Waals surface area contributed by atoms with Crippen LogP contribution in [0.1, 0.15) is 0 Å². The highest BCUT2D eigenvalue weighted by Gasteiger charge is 2.48. The summed E-state index contributed by atoms with van der Waals surface area (Å²) in [7, 11) is 0. The lowest BCUT2D eigenvalue weighted by atomic mass is 10.1. The van der Waals surface area contributed by atoms with E-state index in [9.17, 15) is 5.11 Å². The van der Waals surface area contributed by atoms with Gasteiger partial charge in [-0.05, 0) is 0 Å². The maximum atomic E-state index is 9.44. The molecule has 4 N–H and O–H groups in total. The Morgan fingerprint density at radius 3 is 2.92 bits per heavy atom. The first kappa shape index (κ1) is 7.78. The van der Waals surface area contributed by atoms with Gasteiger partial charge in [-0.3, -0.25) is 0 Å². The van der Waals surface area contributed by atoms with E-state index in [0.717, 1.165) is 0 Å². The molecule has 0 aromatic heterocycles. The Hall–Kier alpha value is -0.850. The van der Waals surface area contributed by atoms with E-state index < -0.39 is 24.5 Å². The van der Waals surface area contributed by atoms with Crippen LogP contribution < -0.4 is 5.73 Å². The standard InChI is InChI=1S/C6H10N2O4/c7-6-8-5-4(12-6)3(10)2(1-9)11-5/h2-5,9-10H,1H2,(H2,7,8)/t2-,3?,4?,5-/m0/s1. The molecule has 1 saturated heterocycles. The Kier molecular flexibility index (Phi) is 1.67. The van der Waals surface area contributed by atoms with E-state index in [4.69, 9.17) is 20.3 Å². The van der Waals surface area contributed by atoms with Gasteiger partial charge in [0.15, 0.2) is 12.3 Å². The molecule has 2 heterocycles. The first-order chi connectivity index (χ1) is 5.72. The van der Waals surface area contributed by atoms with Crippen molar-refractivity contribution in [3.8, 4) is 0 Å². The molecular formula is C6H10N2O4. The minimum absolute atomic E-state index is 0.0282. The topological polar surface area (TPSA) is 97.3 Å². The number of hydrogen-bond acceptors (Lipinski definition) is 6. The Labute approximate surface area is 68.6 Å². The molecule has 2 aliphatic rings. The highest BCUT2D eigenvalue weighted by Crippen LogP contribution is 2.28. The van der Waals surface area contributed by atoms with E-state index in [2.05, 4.69) is 4.99 Å². The van der Waals surface area contributed by atoms with Gasteiger partial charge in [-0.25, -0.2) is 0 Å². The molecule has 0 aliphatic carbocycles. The molecule has 0 spiro atoms. The van der Waals surface area contributed by atoms with Crippen molar-refractivity contribution in [2.45, 2.75) is 24.5 Å². The third kappa shape index (κ3) is 0.961. The van der Waals surface area contributed by atoms with Crippen molar-refractivity contribution in [2.24, 2.45) is 10.7 Å².